The van der Waals surface area contributed by atoms with Crippen molar-refractivity contribution in [2.24, 2.45) is 0 Å². The molecule has 0 aromatic rings. The first-order chi connectivity index (χ1) is 6.43. The molecule has 1 atom stereocenters. The summed E-state index contributed by atoms with van der Waals surface area (Å²) in [4.78, 5) is 21.9. The van der Waals surface area contributed by atoms with Crippen LogP contribution in [0.4, 0.5) is 0 Å². The number of ether oxygens (including phenoxy) is 2. The Bertz CT molecular complexity index is 283. The van der Waals surface area contributed by atoms with E-state index in [1.807, 2.05) is 0 Å². The molecule has 1 N–H and O–H groups in total. The van der Waals surface area contributed by atoms with Gasteiger partial charge in [0.1, 0.15) is 0 Å². The summed E-state index contributed by atoms with van der Waals surface area (Å²) in [5.74, 6) is -3.34. The second-order valence-electron chi connectivity index (χ2n) is 3.30. The Morgan fingerprint density at radius 2 is 2.36 bits per heavy atom. The Labute approximate surface area is 81.3 Å². The van der Waals surface area contributed by atoms with Gasteiger partial charge in [0, 0.05) is 19.8 Å². The largest absolute Gasteiger partial charge is 0.502 e. The zero-order valence-electron chi connectivity index (χ0n) is 7.91. The monoisotopic (exact) mass is 200 g/mol. The molecule has 1 aliphatic heterocycles. The number of rotatable bonds is 2. The van der Waals surface area contributed by atoms with Gasteiger partial charge in [0.25, 0.3) is 5.79 Å². The van der Waals surface area contributed by atoms with E-state index >= 15 is 0 Å². The first-order valence-corrected chi connectivity index (χ1v) is 4.26. The van der Waals surface area contributed by atoms with Crippen LogP contribution in [0.25, 0.3) is 0 Å². The van der Waals surface area contributed by atoms with Crippen molar-refractivity contribution < 1.29 is 24.2 Å². The van der Waals surface area contributed by atoms with Crippen molar-refractivity contribution in [3.63, 3.8) is 0 Å². The quantitative estimate of drug-likeness (QED) is 0.409. The van der Waals surface area contributed by atoms with Crippen LogP contribution in [-0.2, 0) is 19.1 Å². The van der Waals surface area contributed by atoms with Crippen molar-refractivity contribution in [3.05, 3.63) is 12.3 Å². The summed E-state index contributed by atoms with van der Waals surface area (Å²) in [6, 6.07) is 0. The Hall–Kier alpha value is -1.52. The van der Waals surface area contributed by atoms with Gasteiger partial charge in [-0.05, 0) is 13.0 Å². The van der Waals surface area contributed by atoms with Crippen LogP contribution in [0.15, 0.2) is 12.3 Å². The zero-order valence-corrected chi connectivity index (χ0v) is 7.91. The van der Waals surface area contributed by atoms with E-state index in [0.29, 0.717) is 19.3 Å². The number of aliphatic hydroxyl groups excluding tert-OH is 1. The highest BCUT2D eigenvalue weighted by Crippen LogP contribution is 2.26. The molecule has 0 amide bonds. The van der Waals surface area contributed by atoms with E-state index in [1.54, 1.807) is 0 Å². The fourth-order valence-electron chi connectivity index (χ4n) is 1.22. The van der Waals surface area contributed by atoms with Crippen molar-refractivity contribution >= 4 is 11.9 Å². The van der Waals surface area contributed by atoms with Gasteiger partial charge in [0.2, 0.25) is 0 Å². The molecule has 0 aromatic heterocycles. The van der Waals surface area contributed by atoms with Gasteiger partial charge < -0.3 is 14.6 Å². The Morgan fingerprint density at radius 3 is 2.86 bits per heavy atom. The fourth-order valence-corrected chi connectivity index (χ4v) is 1.22. The summed E-state index contributed by atoms with van der Waals surface area (Å²) < 4.78 is 9.64. The normalized spacial score (nSPS) is 26.5. The van der Waals surface area contributed by atoms with Gasteiger partial charge >= 0.3 is 11.9 Å². The lowest BCUT2D eigenvalue weighted by Crippen LogP contribution is -2.40. The lowest BCUT2D eigenvalue weighted by atomic mass is 10.1. The topological polar surface area (TPSA) is 72.8 Å². The molecule has 1 rings (SSSR count). The van der Waals surface area contributed by atoms with E-state index in [-0.39, 0.29) is 0 Å². The molecule has 0 aliphatic carbocycles. The summed E-state index contributed by atoms with van der Waals surface area (Å²) in [6.07, 6.45) is 1.35. The van der Waals surface area contributed by atoms with E-state index in [1.165, 1.54) is 6.92 Å². The average molecular weight is 200 g/mol. The van der Waals surface area contributed by atoms with Gasteiger partial charge in [-0.3, -0.25) is 4.79 Å². The van der Waals surface area contributed by atoms with Crippen LogP contribution in [0.2, 0.25) is 0 Å². The Morgan fingerprint density at radius 1 is 1.71 bits per heavy atom. The molecule has 0 spiro atoms. The number of hydrogen-bond donors (Lipinski definition) is 1. The highest BCUT2D eigenvalue weighted by atomic mass is 16.7. The number of carbonyl (C=O) groups is 2. The van der Waals surface area contributed by atoms with Crippen LogP contribution in [0.3, 0.4) is 0 Å². The Balaban J connectivity index is 2.61. The van der Waals surface area contributed by atoms with Gasteiger partial charge in [-0.15, -0.1) is 0 Å². The van der Waals surface area contributed by atoms with Crippen molar-refractivity contribution in [2.45, 2.75) is 32.0 Å². The van der Waals surface area contributed by atoms with Crippen LogP contribution in [0, 0.1) is 0 Å². The maximum Gasteiger partial charge on any atom is 0.375 e. The molecule has 5 nitrogen and oxygen atoms in total. The SMILES string of the molecule is C=C(O)C(=O)OC1(C)CCCC(=O)O1. The van der Waals surface area contributed by atoms with Crippen molar-refractivity contribution in [1.29, 1.82) is 0 Å². The second-order valence-corrected chi connectivity index (χ2v) is 3.30. The zero-order chi connectivity index (χ0) is 10.8. The van der Waals surface area contributed by atoms with Gasteiger partial charge in [0.15, 0.2) is 5.76 Å². The highest BCUT2D eigenvalue weighted by molar-refractivity contribution is 5.85. The van der Waals surface area contributed by atoms with Gasteiger partial charge in [-0.25, -0.2) is 4.79 Å². The molecule has 1 heterocycles. The Kier molecular flexibility index (Phi) is 2.78. The minimum atomic E-state index is -1.27. The molecule has 0 radical (unpaired) electrons. The van der Waals surface area contributed by atoms with Crippen molar-refractivity contribution in [1.82, 2.24) is 0 Å². The molecule has 78 valence electrons. The van der Waals surface area contributed by atoms with E-state index in [0.717, 1.165) is 0 Å². The lowest BCUT2D eigenvalue weighted by molar-refractivity contribution is -0.231. The van der Waals surface area contributed by atoms with E-state index in [4.69, 9.17) is 14.6 Å². The minimum absolute atomic E-state index is 0.327. The third-order valence-corrected chi connectivity index (χ3v) is 1.89. The summed E-state index contributed by atoms with van der Waals surface area (Å²) >= 11 is 0. The molecule has 5 heteroatoms. The van der Waals surface area contributed by atoms with Crippen LogP contribution in [0.5, 0.6) is 0 Å². The van der Waals surface area contributed by atoms with E-state index in [2.05, 4.69) is 6.58 Å². The fraction of sp³-hybridized carbons (Fsp3) is 0.556. The molecule has 0 aromatic carbocycles. The molecule has 1 unspecified atom stereocenters. The predicted octanol–water partition coefficient (Wildman–Crippen LogP) is 1.04. The molecule has 0 saturated carbocycles. The molecule has 0 bridgehead atoms. The summed E-state index contributed by atoms with van der Waals surface area (Å²) in [6.45, 7) is 4.49. The van der Waals surface area contributed by atoms with Gasteiger partial charge in [0.05, 0.1) is 0 Å². The third-order valence-electron chi connectivity index (χ3n) is 1.89. The smallest absolute Gasteiger partial charge is 0.375 e. The number of aliphatic hydroxyl groups is 1. The van der Waals surface area contributed by atoms with E-state index in [9.17, 15) is 9.59 Å². The van der Waals surface area contributed by atoms with Crippen LogP contribution >= 0.6 is 0 Å². The molecular formula is C9H12O5. The summed E-state index contributed by atoms with van der Waals surface area (Å²) in [7, 11) is 0. The summed E-state index contributed by atoms with van der Waals surface area (Å²) in [5.41, 5.74) is 0. The lowest BCUT2D eigenvalue weighted by Gasteiger charge is -2.31. The first kappa shape index (κ1) is 10.6. The molecule has 1 fully saturated rings. The van der Waals surface area contributed by atoms with Crippen molar-refractivity contribution in [3.8, 4) is 0 Å². The van der Waals surface area contributed by atoms with Gasteiger partial charge in [-0.2, -0.15) is 0 Å². The molecule has 1 aliphatic rings. The van der Waals surface area contributed by atoms with E-state index < -0.39 is 23.5 Å². The number of hydrogen-bond acceptors (Lipinski definition) is 5. The minimum Gasteiger partial charge on any atom is -0.502 e. The number of carbonyl (C=O) groups excluding carboxylic acids is 2. The van der Waals surface area contributed by atoms with Crippen LogP contribution in [-0.4, -0.2) is 22.8 Å². The maximum atomic E-state index is 11.0. The molecule has 14 heavy (non-hydrogen) atoms. The first-order valence-electron chi connectivity index (χ1n) is 4.26. The number of cyclic esters (lactones) is 1. The summed E-state index contributed by atoms with van der Waals surface area (Å²) in [5, 5.41) is 8.72. The third kappa shape index (κ3) is 2.48. The highest BCUT2D eigenvalue weighted by Gasteiger charge is 2.36. The molecular weight excluding hydrogens is 188 g/mol. The predicted molar refractivity (Wildman–Crippen MR) is 46.2 cm³/mol. The van der Waals surface area contributed by atoms with Crippen LogP contribution < -0.4 is 0 Å². The average Bonchev–Trinajstić information content (AvgIpc) is 2.02. The van der Waals surface area contributed by atoms with Crippen molar-refractivity contribution in [2.75, 3.05) is 0 Å². The second kappa shape index (κ2) is 3.69. The van der Waals surface area contributed by atoms with Crippen LogP contribution in [0.1, 0.15) is 26.2 Å². The maximum absolute atomic E-state index is 11.0. The standard InChI is InChI=1S/C9H12O5/c1-6(10)8(12)14-9(2)5-3-4-7(11)13-9/h10H,1,3-5H2,2H3. The number of esters is 2. The molecule has 1 saturated heterocycles. The van der Waals surface area contributed by atoms with Gasteiger partial charge in [-0.1, -0.05) is 0 Å².